The van der Waals surface area contributed by atoms with E-state index < -0.39 is 0 Å². The molecule has 0 atom stereocenters. The van der Waals surface area contributed by atoms with Gasteiger partial charge < -0.3 is 9.47 Å². The van der Waals surface area contributed by atoms with Gasteiger partial charge in [-0.05, 0) is 6.92 Å². The van der Waals surface area contributed by atoms with E-state index in [4.69, 9.17) is 14.5 Å². The molecule has 0 N–H and O–H groups in total. The monoisotopic (exact) mass is 280 g/mol. The average Bonchev–Trinajstić information content (AvgIpc) is 2.53. The highest BCUT2D eigenvalue weighted by Crippen LogP contribution is 2.32. The molecule has 0 radical (unpaired) electrons. The summed E-state index contributed by atoms with van der Waals surface area (Å²) in [6, 6.07) is 13.7. The lowest BCUT2D eigenvalue weighted by molar-refractivity contribution is 0.355. The maximum absolute atomic E-state index is 5.33. The summed E-state index contributed by atoms with van der Waals surface area (Å²) in [6.07, 6.45) is 0. The van der Waals surface area contributed by atoms with Crippen LogP contribution in [0, 0.1) is 6.92 Å². The Hall–Kier alpha value is -2.62. The molecule has 3 aromatic rings. The first-order valence-corrected chi connectivity index (χ1v) is 6.68. The van der Waals surface area contributed by atoms with E-state index in [1.54, 1.807) is 14.2 Å². The van der Waals surface area contributed by atoms with Gasteiger partial charge >= 0.3 is 0 Å². The Morgan fingerprint density at radius 3 is 1.95 bits per heavy atom. The molecule has 4 heteroatoms. The van der Waals surface area contributed by atoms with E-state index in [2.05, 4.69) is 4.98 Å². The van der Waals surface area contributed by atoms with Crippen molar-refractivity contribution < 1.29 is 9.47 Å². The van der Waals surface area contributed by atoms with Crippen molar-refractivity contribution in [1.82, 2.24) is 9.97 Å². The van der Waals surface area contributed by atoms with Gasteiger partial charge in [0.1, 0.15) is 0 Å². The van der Waals surface area contributed by atoms with E-state index in [1.807, 2.05) is 49.4 Å². The van der Waals surface area contributed by atoms with Gasteiger partial charge in [0.05, 0.1) is 36.6 Å². The second-order valence-corrected chi connectivity index (χ2v) is 4.72. The number of rotatable bonds is 3. The normalized spacial score (nSPS) is 10.6. The van der Waals surface area contributed by atoms with Crippen molar-refractivity contribution in [2.75, 3.05) is 14.2 Å². The molecule has 2 aromatic carbocycles. The molecule has 106 valence electrons. The number of fused-ring (bicyclic) bond motifs is 1. The van der Waals surface area contributed by atoms with Crippen LogP contribution in [0.2, 0.25) is 0 Å². The Balaban J connectivity index is 2.23. The van der Waals surface area contributed by atoms with Crippen LogP contribution in [0.15, 0.2) is 42.5 Å². The summed E-state index contributed by atoms with van der Waals surface area (Å²) in [5, 5.41) is 0. The van der Waals surface area contributed by atoms with Gasteiger partial charge in [-0.15, -0.1) is 0 Å². The van der Waals surface area contributed by atoms with Crippen molar-refractivity contribution in [2.24, 2.45) is 0 Å². The molecule has 3 rings (SSSR count). The molecule has 0 aliphatic heterocycles. The zero-order valence-corrected chi connectivity index (χ0v) is 12.3. The number of benzene rings is 2. The van der Waals surface area contributed by atoms with Crippen molar-refractivity contribution >= 4 is 11.0 Å². The Morgan fingerprint density at radius 1 is 0.810 bits per heavy atom. The summed E-state index contributed by atoms with van der Waals surface area (Å²) in [7, 11) is 3.23. The Labute approximate surface area is 123 Å². The second kappa shape index (κ2) is 5.40. The van der Waals surface area contributed by atoms with Crippen LogP contribution in [-0.2, 0) is 0 Å². The maximum atomic E-state index is 5.33. The fourth-order valence-corrected chi connectivity index (χ4v) is 2.34. The summed E-state index contributed by atoms with van der Waals surface area (Å²) in [5.74, 6) is 1.31. The fraction of sp³-hybridized carbons (Fsp3) is 0.176. The molecule has 21 heavy (non-hydrogen) atoms. The zero-order valence-electron chi connectivity index (χ0n) is 12.3. The Kier molecular flexibility index (Phi) is 3.44. The van der Waals surface area contributed by atoms with Crippen molar-refractivity contribution in [3.8, 4) is 22.8 Å². The first-order chi connectivity index (χ1) is 10.2. The summed E-state index contributed by atoms with van der Waals surface area (Å²) < 4.78 is 10.6. The molecule has 0 amide bonds. The largest absolute Gasteiger partial charge is 0.493 e. The van der Waals surface area contributed by atoms with Crippen molar-refractivity contribution in [1.29, 1.82) is 0 Å². The zero-order chi connectivity index (χ0) is 14.8. The number of aryl methyl sites for hydroxylation is 1. The van der Waals surface area contributed by atoms with E-state index in [0.29, 0.717) is 11.5 Å². The Bertz CT molecular complexity index is 786. The Morgan fingerprint density at radius 2 is 1.38 bits per heavy atom. The van der Waals surface area contributed by atoms with E-state index in [0.717, 1.165) is 28.0 Å². The second-order valence-electron chi connectivity index (χ2n) is 4.72. The lowest BCUT2D eigenvalue weighted by Crippen LogP contribution is -1.97. The van der Waals surface area contributed by atoms with E-state index in [-0.39, 0.29) is 0 Å². The first-order valence-electron chi connectivity index (χ1n) is 6.68. The standard InChI is InChI=1S/C17H16N2O2/c1-11-17(12-7-5-4-6-8-12)19-14-10-16(21-3)15(20-2)9-13(14)18-11/h4-10H,1-3H3. The molecular formula is C17H16N2O2. The molecule has 0 saturated carbocycles. The third-order valence-corrected chi connectivity index (χ3v) is 3.39. The summed E-state index contributed by atoms with van der Waals surface area (Å²) in [6.45, 7) is 1.96. The third kappa shape index (κ3) is 2.40. The minimum Gasteiger partial charge on any atom is -0.493 e. The highest BCUT2D eigenvalue weighted by atomic mass is 16.5. The van der Waals surface area contributed by atoms with Crippen LogP contribution in [0.3, 0.4) is 0 Å². The molecule has 0 aliphatic rings. The number of ether oxygens (including phenoxy) is 2. The summed E-state index contributed by atoms with van der Waals surface area (Å²) >= 11 is 0. The van der Waals surface area contributed by atoms with Gasteiger partial charge in [0.25, 0.3) is 0 Å². The van der Waals surface area contributed by atoms with Crippen LogP contribution in [0.25, 0.3) is 22.3 Å². The van der Waals surface area contributed by atoms with Gasteiger partial charge in [-0.3, -0.25) is 0 Å². The van der Waals surface area contributed by atoms with Crippen LogP contribution in [0.1, 0.15) is 5.69 Å². The topological polar surface area (TPSA) is 44.2 Å². The van der Waals surface area contributed by atoms with E-state index >= 15 is 0 Å². The summed E-state index contributed by atoms with van der Waals surface area (Å²) in [5.41, 5.74) is 4.41. The number of aromatic nitrogens is 2. The number of methoxy groups -OCH3 is 2. The van der Waals surface area contributed by atoms with Crippen molar-refractivity contribution in [2.45, 2.75) is 6.92 Å². The fourth-order valence-electron chi connectivity index (χ4n) is 2.34. The number of hydrogen-bond acceptors (Lipinski definition) is 4. The predicted molar refractivity (Wildman–Crippen MR) is 82.8 cm³/mol. The summed E-state index contributed by atoms with van der Waals surface area (Å²) in [4.78, 5) is 9.37. The SMILES string of the molecule is COc1cc2nc(C)c(-c3ccccc3)nc2cc1OC. The quantitative estimate of drug-likeness (QED) is 0.735. The average molecular weight is 280 g/mol. The molecular weight excluding hydrogens is 264 g/mol. The number of hydrogen-bond donors (Lipinski definition) is 0. The van der Waals surface area contributed by atoms with Crippen LogP contribution in [-0.4, -0.2) is 24.2 Å². The lowest BCUT2D eigenvalue weighted by atomic mass is 10.1. The molecule has 0 aliphatic carbocycles. The highest BCUT2D eigenvalue weighted by molar-refractivity contribution is 5.82. The number of nitrogens with zero attached hydrogens (tertiary/aromatic N) is 2. The van der Waals surface area contributed by atoms with Crippen LogP contribution < -0.4 is 9.47 Å². The van der Waals surface area contributed by atoms with Gasteiger partial charge in [0, 0.05) is 17.7 Å². The third-order valence-electron chi connectivity index (χ3n) is 3.39. The molecule has 1 heterocycles. The van der Waals surface area contributed by atoms with Gasteiger partial charge in [-0.25, -0.2) is 9.97 Å². The van der Waals surface area contributed by atoms with Crippen LogP contribution >= 0.6 is 0 Å². The van der Waals surface area contributed by atoms with Crippen molar-refractivity contribution in [3.05, 3.63) is 48.2 Å². The van der Waals surface area contributed by atoms with Crippen LogP contribution in [0.4, 0.5) is 0 Å². The molecule has 4 nitrogen and oxygen atoms in total. The van der Waals surface area contributed by atoms with Gasteiger partial charge in [-0.2, -0.15) is 0 Å². The molecule has 0 saturated heterocycles. The maximum Gasteiger partial charge on any atom is 0.163 e. The lowest BCUT2D eigenvalue weighted by Gasteiger charge is -2.11. The minimum absolute atomic E-state index is 0.655. The molecule has 0 unspecified atom stereocenters. The molecule has 0 fully saturated rings. The minimum atomic E-state index is 0.655. The van der Waals surface area contributed by atoms with Gasteiger partial charge in [0.2, 0.25) is 0 Å². The van der Waals surface area contributed by atoms with Crippen molar-refractivity contribution in [3.63, 3.8) is 0 Å². The van der Waals surface area contributed by atoms with E-state index in [1.165, 1.54) is 0 Å². The molecule has 0 spiro atoms. The molecule has 1 aromatic heterocycles. The first kappa shape index (κ1) is 13.4. The van der Waals surface area contributed by atoms with E-state index in [9.17, 15) is 0 Å². The highest BCUT2D eigenvalue weighted by Gasteiger charge is 2.11. The smallest absolute Gasteiger partial charge is 0.163 e. The van der Waals surface area contributed by atoms with Gasteiger partial charge in [0.15, 0.2) is 11.5 Å². The predicted octanol–water partition coefficient (Wildman–Crippen LogP) is 3.62. The van der Waals surface area contributed by atoms with Crippen LogP contribution in [0.5, 0.6) is 11.5 Å². The van der Waals surface area contributed by atoms with Gasteiger partial charge in [-0.1, -0.05) is 30.3 Å². The molecule has 0 bridgehead atoms.